The van der Waals surface area contributed by atoms with E-state index in [9.17, 15) is 22.8 Å². The normalized spacial score (nSPS) is 16.8. The number of carbonyl (C=O) groups excluding carboxylic acids is 2. The minimum Gasteiger partial charge on any atom is -0.341 e. The Labute approximate surface area is 132 Å². The quantitative estimate of drug-likeness (QED) is 0.927. The van der Waals surface area contributed by atoms with Crippen LogP contribution in [-0.2, 0) is 11.0 Å². The maximum absolute atomic E-state index is 12.5. The molecule has 1 heterocycles. The second-order valence-corrected chi connectivity index (χ2v) is 5.66. The molecule has 0 spiro atoms. The molecule has 2 rings (SSSR count). The van der Waals surface area contributed by atoms with Gasteiger partial charge in [-0.2, -0.15) is 13.2 Å². The molecule has 0 aromatic heterocycles. The first kappa shape index (κ1) is 17.3. The Morgan fingerprint density at radius 2 is 1.65 bits per heavy atom. The highest BCUT2D eigenvalue weighted by molar-refractivity contribution is 5.97. The van der Waals surface area contributed by atoms with Crippen molar-refractivity contribution in [2.75, 3.05) is 13.1 Å². The summed E-state index contributed by atoms with van der Waals surface area (Å²) in [6.07, 6.45) is -1.45. The van der Waals surface area contributed by atoms with Gasteiger partial charge in [-0.3, -0.25) is 9.59 Å². The molecule has 0 aliphatic carbocycles. The van der Waals surface area contributed by atoms with Gasteiger partial charge in [-0.1, -0.05) is 0 Å². The molecule has 1 aromatic rings. The van der Waals surface area contributed by atoms with Crippen molar-refractivity contribution in [3.8, 4) is 0 Å². The lowest BCUT2D eigenvalue weighted by molar-refractivity contribution is -0.137. The fraction of sp³-hybridized carbons (Fsp3) is 0.500. The minimum atomic E-state index is -4.44. The van der Waals surface area contributed by atoms with Gasteiger partial charge in [0, 0.05) is 18.7 Å². The molecule has 1 fully saturated rings. The van der Waals surface area contributed by atoms with Gasteiger partial charge in [0.2, 0.25) is 5.91 Å². The van der Waals surface area contributed by atoms with Crippen LogP contribution in [0.1, 0.15) is 42.1 Å². The smallest absolute Gasteiger partial charge is 0.341 e. The van der Waals surface area contributed by atoms with E-state index in [4.69, 9.17) is 0 Å². The average Bonchev–Trinajstić information content (AvgIpc) is 2.54. The zero-order chi connectivity index (χ0) is 17.0. The van der Waals surface area contributed by atoms with Crippen molar-refractivity contribution < 1.29 is 22.8 Å². The molecular formula is C16H19F3N2O2. The first-order valence-electron chi connectivity index (χ1n) is 7.56. The molecule has 1 aliphatic heterocycles. The molecule has 1 aromatic carbocycles. The molecule has 2 amide bonds. The van der Waals surface area contributed by atoms with Gasteiger partial charge in [0.15, 0.2) is 0 Å². The molecular weight excluding hydrogens is 309 g/mol. The van der Waals surface area contributed by atoms with Crippen LogP contribution in [0.5, 0.6) is 0 Å². The van der Waals surface area contributed by atoms with E-state index >= 15 is 0 Å². The summed E-state index contributed by atoms with van der Waals surface area (Å²) >= 11 is 0. The zero-order valence-corrected chi connectivity index (χ0v) is 12.8. The standard InChI is InChI=1S/C16H19F3N2O2/c1-11(15(23)21-9-3-2-4-10-21)20-14(22)12-5-7-13(8-6-12)16(17,18)19/h5-8,11H,2-4,9-10H2,1H3,(H,20,22)/t11-/m1/s1. The van der Waals surface area contributed by atoms with Crippen LogP contribution in [0, 0.1) is 0 Å². The molecule has 126 valence electrons. The number of carbonyl (C=O) groups is 2. The summed E-state index contributed by atoms with van der Waals surface area (Å²) in [5.74, 6) is -0.721. The van der Waals surface area contributed by atoms with Crippen molar-refractivity contribution in [1.29, 1.82) is 0 Å². The van der Waals surface area contributed by atoms with Gasteiger partial charge in [0.25, 0.3) is 5.91 Å². The third kappa shape index (κ3) is 4.46. The molecule has 0 saturated carbocycles. The first-order valence-corrected chi connectivity index (χ1v) is 7.56. The van der Waals surface area contributed by atoms with Gasteiger partial charge in [-0.15, -0.1) is 0 Å². The molecule has 7 heteroatoms. The SMILES string of the molecule is C[C@@H](NC(=O)c1ccc(C(F)(F)F)cc1)C(=O)N1CCCCC1. The Balaban J connectivity index is 1.96. The number of rotatable bonds is 3. The highest BCUT2D eigenvalue weighted by Gasteiger charge is 2.30. The van der Waals surface area contributed by atoms with E-state index in [1.165, 1.54) is 0 Å². The van der Waals surface area contributed by atoms with Crippen molar-refractivity contribution in [3.05, 3.63) is 35.4 Å². The summed E-state index contributed by atoms with van der Waals surface area (Å²) in [5.41, 5.74) is -0.720. The molecule has 0 bridgehead atoms. The van der Waals surface area contributed by atoms with Gasteiger partial charge in [0.05, 0.1) is 5.56 Å². The number of hydrogen-bond donors (Lipinski definition) is 1. The first-order chi connectivity index (χ1) is 10.8. The van der Waals surface area contributed by atoms with E-state index in [0.717, 1.165) is 43.5 Å². The van der Waals surface area contributed by atoms with Crippen LogP contribution in [0.15, 0.2) is 24.3 Å². The van der Waals surface area contributed by atoms with Crippen molar-refractivity contribution in [3.63, 3.8) is 0 Å². The molecule has 1 aliphatic rings. The summed E-state index contributed by atoms with van der Waals surface area (Å²) in [4.78, 5) is 26.0. The molecule has 0 unspecified atom stereocenters. The lowest BCUT2D eigenvalue weighted by Crippen LogP contribution is -2.48. The van der Waals surface area contributed by atoms with Crippen molar-refractivity contribution in [2.45, 2.75) is 38.4 Å². The van der Waals surface area contributed by atoms with E-state index in [-0.39, 0.29) is 11.5 Å². The maximum Gasteiger partial charge on any atom is 0.416 e. The Kier molecular flexibility index (Phi) is 5.28. The maximum atomic E-state index is 12.5. The number of piperidine rings is 1. The van der Waals surface area contributed by atoms with E-state index in [1.807, 2.05) is 0 Å². The summed E-state index contributed by atoms with van der Waals surface area (Å²) in [6.45, 7) is 2.94. The van der Waals surface area contributed by atoms with Crippen LogP contribution < -0.4 is 5.32 Å². The lowest BCUT2D eigenvalue weighted by Gasteiger charge is -2.29. The fourth-order valence-electron chi connectivity index (χ4n) is 2.54. The second kappa shape index (κ2) is 7.02. The highest BCUT2D eigenvalue weighted by Crippen LogP contribution is 2.29. The predicted octanol–water partition coefficient (Wildman–Crippen LogP) is 2.84. The van der Waals surface area contributed by atoms with Crippen LogP contribution in [-0.4, -0.2) is 35.8 Å². The van der Waals surface area contributed by atoms with Gasteiger partial charge >= 0.3 is 6.18 Å². The third-order valence-corrected chi connectivity index (χ3v) is 3.86. The summed E-state index contributed by atoms with van der Waals surface area (Å²) in [5, 5.41) is 2.54. The molecule has 1 N–H and O–H groups in total. The fourth-order valence-corrected chi connectivity index (χ4v) is 2.54. The van der Waals surface area contributed by atoms with Crippen LogP contribution in [0.2, 0.25) is 0 Å². The summed E-state index contributed by atoms with van der Waals surface area (Å²) < 4.78 is 37.5. The van der Waals surface area contributed by atoms with Crippen LogP contribution in [0.3, 0.4) is 0 Å². The van der Waals surface area contributed by atoms with Crippen molar-refractivity contribution in [1.82, 2.24) is 10.2 Å². The van der Waals surface area contributed by atoms with Crippen LogP contribution in [0.25, 0.3) is 0 Å². The van der Waals surface area contributed by atoms with E-state index < -0.39 is 23.7 Å². The number of amides is 2. The molecule has 0 radical (unpaired) electrons. The predicted molar refractivity (Wildman–Crippen MR) is 78.8 cm³/mol. The van der Waals surface area contributed by atoms with Crippen LogP contribution >= 0.6 is 0 Å². The van der Waals surface area contributed by atoms with Crippen molar-refractivity contribution >= 4 is 11.8 Å². The number of benzene rings is 1. The number of alkyl halides is 3. The van der Waals surface area contributed by atoms with Crippen LogP contribution in [0.4, 0.5) is 13.2 Å². The molecule has 1 saturated heterocycles. The van der Waals surface area contributed by atoms with E-state index in [2.05, 4.69) is 5.32 Å². The minimum absolute atomic E-state index is 0.0938. The Morgan fingerprint density at radius 3 is 2.17 bits per heavy atom. The van der Waals surface area contributed by atoms with Gasteiger partial charge in [0.1, 0.15) is 6.04 Å². The Bertz CT molecular complexity index is 564. The molecule has 1 atom stereocenters. The molecule has 4 nitrogen and oxygen atoms in total. The largest absolute Gasteiger partial charge is 0.416 e. The number of hydrogen-bond acceptors (Lipinski definition) is 2. The lowest BCUT2D eigenvalue weighted by atomic mass is 10.1. The monoisotopic (exact) mass is 328 g/mol. The van der Waals surface area contributed by atoms with Crippen molar-refractivity contribution in [2.24, 2.45) is 0 Å². The van der Waals surface area contributed by atoms with Gasteiger partial charge in [-0.05, 0) is 50.5 Å². The number of halogens is 3. The van der Waals surface area contributed by atoms with E-state index in [1.54, 1.807) is 11.8 Å². The Morgan fingerprint density at radius 1 is 1.09 bits per heavy atom. The molecule has 23 heavy (non-hydrogen) atoms. The average molecular weight is 328 g/mol. The van der Waals surface area contributed by atoms with Gasteiger partial charge < -0.3 is 10.2 Å². The number of nitrogens with one attached hydrogen (secondary N) is 1. The summed E-state index contributed by atoms with van der Waals surface area (Å²) in [7, 11) is 0. The third-order valence-electron chi connectivity index (χ3n) is 3.86. The Hall–Kier alpha value is -2.05. The van der Waals surface area contributed by atoms with Gasteiger partial charge in [-0.25, -0.2) is 0 Å². The zero-order valence-electron chi connectivity index (χ0n) is 12.8. The van der Waals surface area contributed by atoms with E-state index in [0.29, 0.717) is 13.1 Å². The number of nitrogens with zero attached hydrogens (tertiary/aromatic N) is 1. The topological polar surface area (TPSA) is 49.4 Å². The number of likely N-dealkylation sites (tertiary alicyclic amines) is 1. The highest BCUT2D eigenvalue weighted by atomic mass is 19.4. The summed E-state index contributed by atoms with van der Waals surface area (Å²) in [6, 6.07) is 3.22. The second-order valence-electron chi connectivity index (χ2n) is 5.66.